The summed E-state index contributed by atoms with van der Waals surface area (Å²) in [6, 6.07) is 17.2. The van der Waals surface area contributed by atoms with Gasteiger partial charge in [0.05, 0.1) is 18.3 Å². The molecule has 0 N–H and O–H groups in total. The van der Waals surface area contributed by atoms with Gasteiger partial charge in [-0.15, -0.1) is 5.10 Å². The van der Waals surface area contributed by atoms with Gasteiger partial charge in [-0.2, -0.15) is 4.98 Å². The lowest BCUT2D eigenvalue weighted by atomic mass is 10.1. The fourth-order valence-electron chi connectivity index (χ4n) is 3.29. The quantitative estimate of drug-likeness (QED) is 0.391. The molecule has 0 radical (unpaired) electrons. The summed E-state index contributed by atoms with van der Waals surface area (Å²) in [6.45, 7) is 3.97. The summed E-state index contributed by atoms with van der Waals surface area (Å²) in [5.74, 6) is 0.926. The number of ether oxygens (including phenoxy) is 1. The number of hydrogen-bond acceptors (Lipinski definition) is 7. The molecule has 0 aliphatic carbocycles. The summed E-state index contributed by atoms with van der Waals surface area (Å²) < 4.78 is 19.7. The monoisotopic (exact) mass is 430 g/mol. The summed E-state index contributed by atoms with van der Waals surface area (Å²) in [6.07, 6.45) is 3.29. The molecule has 0 saturated heterocycles. The van der Waals surface area contributed by atoms with Gasteiger partial charge in [0, 0.05) is 16.9 Å². The second-order valence-electron chi connectivity index (χ2n) is 7.58. The highest BCUT2D eigenvalue weighted by Crippen LogP contribution is 2.35. The lowest BCUT2D eigenvalue weighted by Crippen LogP contribution is -2.04. The molecule has 2 aromatic carbocycles. The third kappa shape index (κ3) is 4.02. The highest BCUT2D eigenvalue weighted by Gasteiger charge is 2.13. The topological polar surface area (TPSA) is 95.7 Å². The minimum atomic E-state index is -2.31. The minimum Gasteiger partial charge on any atom is -0.437 e. The van der Waals surface area contributed by atoms with E-state index in [0.29, 0.717) is 29.5 Å². The lowest BCUT2D eigenvalue weighted by molar-refractivity contribution is 0.461. The van der Waals surface area contributed by atoms with E-state index >= 15 is 0 Å². The molecule has 3 heterocycles. The highest BCUT2D eigenvalue weighted by atomic mass is 31.2. The van der Waals surface area contributed by atoms with Crippen molar-refractivity contribution in [1.29, 1.82) is 0 Å². The lowest BCUT2D eigenvalue weighted by Gasteiger charge is -2.09. The molecule has 0 aliphatic rings. The molecule has 154 valence electrons. The Bertz CT molecular complexity index is 1440. The average Bonchev–Trinajstić information content (AvgIpc) is 3.15. The first-order valence-corrected chi connectivity index (χ1v) is 12.3. The molecule has 0 aliphatic heterocycles. The molecule has 9 heteroatoms. The molecule has 3 aromatic heterocycles. The summed E-state index contributed by atoms with van der Waals surface area (Å²) in [7, 11) is -2.31. The van der Waals surface area contributed by atoms with Crippen LogP contribution in [-0.2, 0) is 11.1 Å². The zero-order chi connectivity index (χ0) is 21.4. The third-order valence-electron chi connectivity index (χ3n) is 4.89. The minimum absolute atomic E-state index is 0.336. The van der Waals surface area contributed by atoms with Gasteiger partial charge in [-0.1, -0.05) is 17.3 Å². The average molecular weight is 430 g/mol. The Morgan fingerprint density at radius 3 is 2.68 bits per heavy atom. The van der Waals surface area contributed by atoms with Crippen molar-refractivity contribution in [2.75, 3.05) is 13.3 Å². The van der Waals surface area contributed by atoms with Crippen LogP contribution in [0.2, 0.25) is 0 Å². The van der Waals surface area contributed by atoms with Crippen LogP contribution < -0.4 is 10.0 Å². The van der Waals surface area contributed by atoms with Crippen molar-refractivity contribution in [1.82, 2.24) is 29.9 Å². The van der Waals surface area contributed by atoms with Gasteiger partial charge in [0.2, 0.25) is 17.2 Å². The van der Waals surface area contributed by atoms with Gasteiger partial charge < -0.3 is 9.30 Å². The van der Waals surface area contributed by atoms with Gasteiger partial charge in [-0.05, 0) is 61.4 Å². The summed E-state index contributed by atoms with van der Waals surface area (Å²) in [5, 5.41) is 10.2. The summed E-state index contributed by atoms with van der Waals surface area (Å²) >= 11 is 0. The Hall–Kier alpha value is -3.64. The van der Waals surface area contributed by atoms with Crippen LogP contribution in [-0.4, -0.2) is 43.3 Å². The fraction of sp³-hybridized carbons (Fsp3) is 0.136. The van der Waals surface area contributed by atoms with Crippen LogP contribution in [0.1, 0.15) is 5.56 Å². The van der Waals surface area contributed by atoms with E-state index in [2.05, 4.69) is 31.3 Å². The molecule has 8 nitrogen and oxygen atoms in total. The van der Waals surface area contributed by atoms with Gasteiger partial charge in [0.1, 0.15) is 12.9 Å². The smallest absolute Gasteiger partial charge is 0.240 e. The molecule has 5 aromatic rings. The molecule has 0 amide bonds. The van der Waals surface area contributed by atoms with Gasteiger partial charge in [-0.3, -0.25) is 4.98 Å². The Morgan fingerprint density at radius 1 is 1.03 bits per heavy atom. The number of hydrogen-bond donors (Lipinski definition) is 0. The third-order valence-corrected chi connectivity index (χ3v) is 6.43. The zero-order valence-corrected chi connectivity index (χ0v) is 17.9. The Morgan fingerprint density at radius 2 is 1.87 bits per heavy atom. The SMILES string of the molecule is CP(C)(=O)c1ccc(Oc2cnc3nnn(Cc4ccc5ncccc5c4)c3n2)cc1. The van der Waals surface area contributed by atoms with Crippen LogP contribution in [0.5, 0.6) is 11.6 Å². The molecular formula is C22H19N6O2P. The van der Waals surface area contributed by atoms with E-state index in [4.69, 9.17) is 4.74 Å². The van der Waals surface area contributed by atoms with E-state index in [1.165, 1.54) is 6.20 Å². The number of aromatic nitrogens is 6. The maximum absolute atomic E-state index is 12.2. The van der Waals surface area contributed by atoms with Crippen molar-refractivity contribution in [2.24, 2.45) is 0 Å². The fourth-order valence-corrected chi connectivity index (χ4v) is 4.15. The molecule has 0 unspecified atom stereocenters. The molecular weight excluding hydrogens is 411 g/mol. The molecule has 0 spiro atoms. The van der Waals surface area contributed by atoms with Gasteiger partial charge in [0.25, 0.3) is 0 Å². The molecule has 31 heavy (non-hydrogen) atoms. The van der Waals surface area contributed by atoms with Crippen molar-refractivity contribution >= 4 is 34.6 Å². The Labute approximate surface area is 178 Å². The van der Waals surface area contributed by atoms with Crippen LogP contribution in [0.25, 0.3) is 22.2 Å². The van der Waals surface area contributed by atoms with E-state index in [1.54, 1.807) is 36.3 Å². The summed E-state index contributed by atoms with van der Waals surface area (Å²) in [5.41, 5.74) is 2.98. The van der Waals surface area contributed by atoms with Crippen molar-refractivity contribution in [3.8, 4) is 11.6 Å². The van der Waals surface area contributed by atoms with E-state index in [0.717, 1.165) is 21.8 Å². The van der Waals surface area contributed by atoms with Crippen molar-refractivity contribution < 1.29 is 9.30 Å². The van der Waals surface area contributed by atoms with E-state index < -0.39 is 7.14 Å². The number of rotatable bonds is 5. The molecule has 0 atom stereocenters. The molecule has 0 fully saturated rings. The number of nitrogens with zero attached hydrogens (tertiary/aromatic N) is 6. The van der Waals surface area contributed by atoms with Crippen LogP contribution >= 0.6 is 7.14 Å². The first-order chi connectivity index (χ1) is 15.0. The second kappa shape index (κ2) is 7.56. The standard InChI is InChI=1S/C22H19N6O2P/c1-31(2,29)18-8-6-17(7-9-18)30-20-13-24-21-22(25-20)28(27-26-21)14-15-5-10-19-16(12-15)4-3-11-23-19/h3-13H,14H2,1-2H3. The van der Waals surface area contributed by atoms with Crippen molar-refractivity contribution in [2.45, 2.75) is 6.54 Å². The Balaban J connectivity index is 1.42. The maximum Gasteiger partial charge on any atom is 0.240 e. The normalized spacial score (nSPS) is 11.8. The maximum atomic E-state index is 12.2. The second-order valence-corrected chi connectivity index (χ2v) is 10.8. The van der Waals surface area contributed by atoms with E-state index in [9.17, 15) is 4.57 Å². The van der Waals surface area contributed by atoms with Gasteiger partial charge >= 0.3 is 0 Å². The Kier molecular flexibility index (Phi) is 4.71. The predicted octanol–water partition coefficient (Wildman–Crippen LogP) is 3.86. The van der Waals surface area contributed by atoms with Crippen molar-refractivity contribution in [3.63, 3.8) is 0 Å². The molecule has 5 rings (SSSR count). The number of fused-ring (bicyclic) bond motifs is 2. The molecule has 0 bridgehead atoms. The van der Waals surface area contributed by atoms with Crippen LogP contribution in [0.3, 0.4) is 0 Å². The van der Waals surface area contributed by atoms with E-state index in [1.807, 2.05) is 36.4 Å². The first-order valence-electron chi connectivity index (χ1n) is 9.69. The van der Waals surface area contributed by atoms with Gasteiger partial charge in [-0.25, -0.2) is 9.67 Å². The predicted molar refractivity (Wildman–Crippen MR) is 120 cm³/mol. The summed E-state index contributed by atoms with van der Waals surface area (Å²) in [4.78, 5) is 13.2. The first kappa shape index (κ1) is 19.3. The van der Waals surface area contributed by atoms with E-state index in [-0.39, 0.29) is 0 Å². The number of pyridine rings is 1. The van der Waals surface area contributed by atoms with Crippen LogP contribution in [0.15, 0.2) is 67.0 Å². The van der Waals surface area contributed by atoms with Crippen LogP contribution in [0.4, 0.5) is 0 Å². The largest absolute Gasteiger partial charge is 0.437 e. The van der Waals surface area contributed by atoms with Crippen molar-refractivity contribution in [3.05, 3.63) is 72.6 Å². The van der Waals surface area contributed by atoms with Crippen LogP contribution in [0, 0.1) is 0 Å². The highest BCUT2D eigenvalue weighted by molar-refractivity contribution is 7.70. The number of benzene rings is 2. The van der Waals surface area contributed by atoms with Gasteiger partial charge in [0.15, 0.2) is 0 Å². The zero-order valence-electron chi connectivity index (χ0n) is 17.0. The molecule has 0 saturated carbocycles.